The number of rotatable bonds is 4. The molecule has 0 bridgehead atoms. The van der Waals surface area contributed by atoms with Crippen molar-refractivity contribution in [3.05, 3.63) is 77.4 Å². The van der Waals surface area contributed by atoms with Crippen molar-refractivity contribution in [3.8, 4) is 5.69 Å². The fourth-order valence-electron chi connectivity index (χ4n) is 2.56. The van der Waals surface area contributed by atoms with Crippen LogP contribution in [0.25, 0.3) is 5.69 Å². The molecule has 0 saturated carbocycles. The molecule has 0 unspecified atom stereocenters. The predicted octanol–water partition coefficient (Wildman–Crippen LogP) is 3.52. The number of amides is 1. The van der Waals surface area contributed by atoms with Gasteiger partial charge in [0.25, 0.3) is 5.91 Å². The van der Waals surface area contributed by atoms with Crippen molar-refractivity contribution in [2.24, 2.45) is 0 Å². The molecule has 0 atom stereocenters. The Bertz CT molecular complexity index is 905. The van der Waals surface area contributed by atoms with Gasteiger partial charge in [-0.15, -0.1) is 0 Å². The Morgan fingerprint density at radius 3 is 2.38 bits per heavy atom. The number of pyridine rings is 1. The van der Waals surface area contributed by atoms with E-state index in [0.29, 0.717) is 5.69 Å². The van der Waals surface area contributed by atoms with Gasteiger partial charge in [0.05, 0.1) is 16.9 Å². The number of nitrogens with zero attached hydrogens (tertiary/aromatic N) is 3. The molecule has 26 heavy (non-hydrogen) atoms. The number of halogens is 3. The summed E-state index contributed by atoms with van der Waals surface area (Å²) in [6.07, 6.45) is -1.66. The Hall–Kier alpha value is -3.16. The lowest BCUT2D eigenvalue weighted by atomic mass is 10.1. The highest BCUT2D eigenvalue weighted by Crippen LogP contribution is 2.33. The van der Waals surface area contributed by atoms with E-state index in [-0.39, 0.29) is 12.2 Å². The number of hydrogen-bond donors (Lipinski definition) is 1. The number of hydrogen-bond acceptors (Lipinski definition) is 3. The average molecular weight is 360 g/mol. The van der Waals surface area contributed by atoms with E-state index < -0.39 is 23.3 Å². The lowest BCUT2D eigenvalue weighted by Gasteiger charge is -2.08. The second kappa shape index (κ2) is 6.99. The van der Waals surface area contributed by atoms with Gasteiger partial charge >= 0.3 is 6.18 Å². The molecule has 0 saturated heterocycles. The number of nitrogens with one attached hydrogen (secondary N) is 1. The normalized spacial score (nSPS) is 11.4. The summed E-state index contributed by atoms with van der Waals surface area (Å²) >= 11 is 0. The fraction of sp³-hybridized carbons (Fsp3) is 0.167. The molecular formula is C18H15F3N4O. The maximum Gasteiger partial charge on any atom is 0.435 e. The van der Waals surface area contributed by atoms with Gasteiger partial charge in [-0.3, -0.25) is 9.78 Å². The molecule has 0 spiro atoms. The molecular weight excluding hydrogens is 345 g/mol. The van der Waals surface area contributed by atoms with Crippen LogP contribution in [0.2, 0.25) is 0 Å². The van der Waals surface area contributed by atoms with Crippen LogP contribution in [-0.4, -0.2) is 20.7 Å². The van der Waals surface area contributed by atoms with Gasteiger partial charge < -0.3 is 5.32 Å². The van der Waals surface area contributed by atoms with Crippen molar-refractivity contribution >= 4 is 5.91 Å². The summed E-state index contributed by atoms with van der Waals surface area (Å²) in [6, 6.07) is 11.7. The first kappa shape index (κ1) is 17.7. The lowest BCUT2D eigenvalue weighted by Crippen LogP contribution is -2.26. The summed E-state index contributed by atoms with van der Waals surface area (Å²) in [6.45, 7) is 1.53. The number of aromatic nitrogens is 3. The second-order valence-corrected chi connectivity index (χ2v) is 5.59. The van der Waals surface area contributed by atoms with E-state index in [1.807, 2.05) is 0 Å². The number of para-hydroxylation sites is 1. The first-order valence-corrected chi connectivity index (χ1v) is 7.77. The molecule has 8 heteroatoms. The van der Waals surface area contributed by atoms with Gasteiger partial charge in [0.2, 0.25) is 0 Å². The zero-order chi connectivity index (χ0) is 18.7. The van der Waals surface area contributed by atoms with E-state index in [4.69, 9.17) is 0 Å². The molecule has 1 amide bonds. The standard InChI is InChI=1S/C18H15F3N4O/c1-12-15(17(26)23-11-13-7-9-22-10-8-13)16(18(19,20)21)24-25(12)14-5-3-2-4-6-14/h2-10H,11H2,1H3,(H,23,26). The van der Waals surface area contributed by atoms with E-state index in [1.165, 1.54) is 6.92 Å². The highest BCUT2D eigenvalue weighted by atomic mass is 19.4. The monoisotopic (exact) mass is 360 g/mol. The summed E-state index contributed by atoms with van der Waals surface area (Å²) in [7, 11) is 0. The van der Waals surface area contributed by atoms with Crippen molar-refractivity contribution in [2.75, 3.05) is 0 Å². The summed E-state index contributed by atoms with van der Waals surface area (Å²) < 4.78 is 41.4. The summed E-state index contributed by atoms with van der Waals surface area (Å²) in [5, 5.41) is 6.16. The molecule has 5 nitrogen and oxygen atoms in total. The molecule has 2 aromatic heterocycles. The average Bonchev–Trinajstić information content (AvgIpc) is 2.99. The van der Waals surface area contributed by atoms with Crippen LogP contribution in [-0.2, 0) is 12.7 Å². The topological polar surface area (TPSA) is 59.8 Å². The van der Waals surface area contributed by atoms with Gasteiger partial charge in [-0.2, -0.15) is 18.3 Å². The van der Waals surface area contributed by atoms with E-state index in [1.54, 1.807) is 54.9 Å². The second-order valence-electron chi connectivity index (χ2n) is 5.59. The van der Waals surface area contributed by atoms with Crippen molar-refractivity contribution < 1.29 is 18.0 Å². The van der Waals surface area contributed by atoms with E-state index in [9.17, 15) is 18.0 Å². The van der Waals surface area contributed by atoms with Crippen molar-refractivity contribution in [3.63, 3.8) is 0 Å². The summed E-state index contributed by atoms with van der Waals surface area (Å²) in [5.74, 6) is -0.825. The molecule has 3 rings (SSSR count). The zero-order valence-electron chi connectivity index (χ0n) is 13.8. The van der Waals surface area contributed by atoms with Gasteiger partial charge in [0.1, 0.15) is 0 Å². The highest BCUT2D eigenvalue weighted by molar-refractivity contribution is 5.96. The molecule has 0 radical (unpaired) electrons. The molecule has 2 heterocycles. The molecule has 1 N–H and O–H groups in total. The highest BCUT2D eigenvalue weighted by Gasteiger charge is 2.40. The zero-order valence-corrected chi connectivity index (χ0v) is 13.8. The maximum absolute atomic E-state index is 13.4. The fourth-order valence-corrected chi connectivity index (χ4v) is 2.56. The molecule has 0 fully saturated rings. The molecule has 0 aliphatic rings. The molecule has 0 aliphatic heterocycles. The Morgan fingerprint density at radius 2 is 1.77 bits per heavy atom. The minimum absolute atomic E-state index is 0.0919. The van der Waals surface area contributed by atoms with Crippen molar-refractivity contribution in [2.45, 2.75) is 19.6 Å². The molecule has 3 aromatic rings. The lowest BCUT2D eigenvalue weighted by molar-refractivity contribution is -0.141. The smallest absolute Gasteiger partial charge is 0.348 e. The minimum Gasteiger partial charge on any atom is -0.348 e. The van der Waals surface area contributed by atoms with Gasteiger partial charge in [0, 0.05) is 18.9 Å². The molecule has 1 aromatic carbocycles. The number of alkyl halides is 3. The Labute approximate surface area is 147 Å². The van der Waals surface area contributed by atoms with E-state index in [0.717, 1.165) is 10.2 Å². The third-order valence-electron chi connectivity index (χ3n) is 3.82. The quantitative estimate of drug-likeness (QED) is 0.774. The SMILES string of the molecule is Cc1c(C(=O)NCc2ccncc2)c(C(F)(F)F)nn1-c1ccccc1. The van der Waals surface area contributed by atoms with Crippen molar-refractivity contribution in [1.82, 2.24) is 20.1 Å². The Morgan fingerprint density at radius 1 is 1.12 bits per heavy atom. The van der Waals surface area contributed by atoms with Gasteiger partial charge in [-0.25, -0.2) is 4.68 Å². The van der Waals surface area contributed by atoms with E-state index in [2.05, 4.69) is 15.4 Å². The first-order valence-electron chi connectivity index (χ1n) is 7.77. The third-order valence-corrected chi connectivity index (χ3v) is 3.82. The largest absolute Gasteiger partial charge is 0.435 e. The van der Waals surface area contributed by atoms with Crippen LogP contribution in [0.1, 0.15) is 27.3 Å². The Balaban J connectivity index is 1.97. The Kier molecular flexibility index (Phi) is 4.75. The maximum atomic E-state index is 13.4. The number of benzene rings is 1. The van der Waals surface area contributed by atoms with Gasteiger partial charge in [0.15, 0.2) is 5.69 Å². The number of carbonyl (C=O) groups excluding carboxylic acids is 1. The predicted molar refractivity (Wildman–Crippen MR) is 88.7 cm³/mol. The third kappa shape index (κ3) is 3.58. The van der Waals surface area contributed by atoms with Crippen LogP contribution < -0.4 is 5.32 Å². The van der Waals surface area contributed by atoms with Crippen molar-refractivity contribution in [1.29, 1.82) is 0 Å². The first-order chi connectivity index (χ1) is 12.4. The van der Waals surface area contributed by atoms with Crippen LogP contribution in [0.5, 0.6) is 0 Å². The van der Waals surface area contributed by atoms with Crippen LogP contribution in [0.4, 0.5) is 13.2 Å². The molecule has 0 aliphatic carbocycles. The number of carbonyl (C=O) groups is 1. The van der Waals surface area contributed by atoms with Crippen LogP contribution in [0.15, 0.2) is 54.9 Å². The van der Waals surface area contributed by atoms with Gasteiger partial charge in [-0.05, 0) is 36.8 Å². The van der Waals surface area contributed by atoms with Gasteiger partial charge in [-0.1, -0.05) is 18.2 Å². The van der Waals surface area contributed by atoms with Crippen LogP contribution in [0, 0.1) is 6.92 Å². The minimum atomic E-state index is -4.74. The molecule has 134 valence electrons. The summed E-state index contributed by atoms with van der Waals surface area (Å²) in [4.78, 5) is 16.3. The van der Waals surface area contributed by atoms with Crippen LogP contribution in [0.3, 0.4) is 0 Å². The summed E-state index contributed by atoms with van der Waals surface area (Å²) in [5.41, 5.74) is -0.379. The van der Waals surface area contributed by atoms with E-state index >= 15 is 0 Å². The van der Waals surface area contributed by atoms with Crippen LogP contribution >= 0.6 is 0 Å².